The number of benzene rings is 1. The highest BCUT2D eigenvalue weighted by Gasteiger charge is 2.07. The van der Waals surface area contributed by atoms with Crippen molar-refractivity contribution in [3.05, 3.63) is 48.3 Å². The van der Waals surface area contributed by atoms with Crippen molar-refractivity contribution in [3.63, 3.8) is 0 Å². The van der Waals surface area contributed by atoms with Gasteiger partial charge >= 0.3 is 0 Å². The summed E-state index contributed by atoms with van der Waals surface area (Å²) in [5, 5.41) is 10.2. The molecule has 112 valence electrons. The number of aromatic amines is 1. The Morgan fingerprint density at radius 3 is 2.77 bits per heavy atom. The van der Waals surface area contributed by atoms with E-state index in [9.17, 15) is 0 Å². The van der Waals surface area contributed by atoms with Crippen molar-refractivity contribution in [1.29, 1.82) is 0 Å². The van der Waals surface area contributed by atoms with Crippen LogP contribution in [0.4, 0.5) is 17.5 Å². The third-order valence-electron chi connectivity index (χ3n) is 3.30. The van der Waals surface area contributed by atoms with Gasteiger partial charge in [-0.15, -0.1) is 0 Å². The number of rotatable bonds is 4. The van der Waals surface area contributed by atoms with E-state index in [-0.39, 0.29) is 0 Å². The summed E-state index contributed by atoms with van der Waals surface area (Å²) < 4.78 is 0. The Hall–Kier alpha value is -2.89. The minimum atomic E-state index is 0.580. The molecule has 0 saturated carbocycles. The fourth-order valence-corrected chi connectivity index (χ4v) is 2.26. The third kappa shape index (κ3) is 2.90. The van der Waals surface area contributed by atoms with Crippen LogP contribution in [0, 0.1) is 6.92 Å². The van der Waals surface area contributed by atoms with E-state index < -0.39 is 0 Å². The van der Waals surface area contributed by atoms with Gasteiger partial charge in [0.2, 0.25) is 5.95 Å². The lowest BCUT2D eigenvalue weighted by Gasteiger charge is -2.15. The molecule has 2 aromatic heterocycles. The molecule has 0 fully saturated rings. The Balaban J connectivity index is 1.87. The zero-order valence-electron chi connectivity index (χ0n) is 12.8. The SMILES string of the molecule is Cc1cnc(Nc2cccc(-c3ccn[nH]3)c2)nc1N(C)C. The maximum absolute atomic E-state index is 4.54. The number of aryl methyl sites for hydroxylation is 1. The van der Waals surface area contributed by atoms with E-state index in [0.717, 1.165) is 28.3 Å². The van der Waals surface area contributed by atoms with Gasteiger partial charge in [-0.3, -0.25) is 5.10 Å². The van der Waals surface area contributed by atoms with Gasteiger partial charge in [-0.25, -0.2) is 4.98 Å². The molecule has 0 saturated heterocycles. The van der Waals surface area contributed by atoms with E-state index in [1.54, 1.807) is 6.20 Å². The van der Waals surface area contributed by atoms with Gasteiger partial charge in [0.05, 0.1) is 5.69 Å². The van der Waals surface area contributed by atoms with Gasteiger partial charge in [0.1, 0.15) is 5.82 Å². The second-order valence-corrected chi connectivity index (χ2v) is 5.27. The van der Waals surface area contributed by atoms with Crippen LogP contribution in [0.5, 0.6) is 0 Å². The summed E-state index contributed by atoms with van der Waals surface area (Å²) in [7, 11) is 3.94. The summed E-state index contributed by atoms with van der Waals surface area (Å²) in [6.07, 6.45) is 3.56. The molecule has 0 radical (unpaired) electrons. The molecule has 0 bridgehead atoms. The van der Waals surface area contributed by atoms with E-state index in [1.165, 1.54) is 0 Å². The molecule has 0 amide bonds. The van der Waals surface area contributed by atoms with Crippen molar-refractivity contribution >= 4 is 17.5 Å². The molecule has 0 unspecified atom stereocenters. The summed E-state index contributed by atoms with van der Waals surface area (Å²) in [5.74, 6) is 1.48. The Bertz CT molecular complexity index is 764. The monoisotopic (exact) mass is 294 g/mol. The largest absolute Gasteiger partial charge is 0.362 e. The molecular weight excluding hydrogens is 276 g/mol. The fraction of sp³-hybridized carbons (Fsp3) is 0.188. The molecule has 6 nitrogen and oxygen atoms in total. The number of hydrogen-bond acceptors (Lipinski definition) is 5. The number of nitrogens with one attached hydrogen (secondary N) is 2. The smallest absolute Gasteiger partial charge is 0.229 e. The summed E-state index contributed by atoms with van der Waals surface area (Å²) in [6, 6.07) is 9.97. The van der Waals surface area contributed by atoms with Crippen molar-refractivity contribution in [3.8, 4) is 11.3 Å². The van der Waals surface area contributed by atoms with E-state index in [4.69, 9.17) is 0 Å². The van der Waals surface area contributed by atoms with Gasteiger partial charge in [-0.05, 0) is 25.1 Å². The number of nitrogens with zero attached hydrogens (tertiary/aromatic N) is 4. The van der Waals surface area contributed by atoms with Crippen LogP contribution in [0.2, 0.25) is 0 Å². The molecule has 3 rings (SSSR count). The van der Waals surface area contributed by atoms with Gasteiger partial charge < -0.3 is 10.2 Å². The number of H-pyrrole nitrogens is 1. The lowest BCUT2D eigenvalue weighted by molar-refractivity contribution is 1.02. The van der Waals surface area contributed by atoms with Gasteiger partial charge in [0.15, 0.2) is 0 Å². The molecule has 1 aromatic carbocycles. The molecule has 2 heterocycles. The predicted octanol–water partition coefficient (Wildman–Crippen LogP) is 2.98. The van der Waals surface area contributed by atoms with Crippen molar-refractivity contribution in [2.75, 3.05) is 24.3 Å². The minimum absolute atomic E-state index is 0.580. The molecule has 22 heavy (non-hydrogen) atoms. The van der Waals surface area contributed by atoms with E-state index >= 15 is 0 Å². The molecular formula is C16H18N6. The van der Waals surface area contributed by atoms with Crippen LogP contribution in [-0.2, 0) is 0 Å². The van der Waals surface area contributed by atoms with Crippen LogP contribution in [0.1, 0.15) is 5.56 Å². The first-order chi connectivity index (χ1) is 10.6. The molecule has 0 aliphatic carbocycles. The first-order valence-electron chi connectivity index (χ1n) is 7.01. The minimum Gasteiger partial charge on any atom is -0.362 e. The topological polar surface area (TPSA) is 69.7 Å². The highest BCUT2D eigenvalue weighted by Crippen LogP contribution is 2.23. The first-order valence-corrected chi connectivity index (χ1v) is 7.01. The van der Waals surface area contributed by atoms with E-state index in [1.807, 2.05) is 62.4 Å². The molecule has 0 aliphatic heterocycles. The highest BCUT2D eigenvalue weighted by atomic mass is 15.2. The van der Waals surface area contributed by atoms with Gasteiger partial charge in [-0.1, -0.05) is 12.1 Å². The lowest BCUT2D eigenvalue weighted by Crippen LogP contribution is -2.13. The highest BCUT2D eigenvalue weighted by molar-refractivity contribution is 5.67. The maximum Gasteiger partial charge on any atom is 0.229 e. The average Bonchev–Trinajstić information content (AvgIpc) is 3.03. The summed E-state index contributed by atoms with van der Waals surface area (Å²) in [4.78, 5) is 10.9. The third-order valence-corrected chi connectivity index (χ3v) is 3.30. The number of aromatic nitrogens is 4. The second kappa shape index (κ2) is 5.85. The lowest BCUT2D eigenvalue weighted by atomic mass is 10.1. The quantitative estimate of drug-likeness (QED) is 0.774. The predicted molar refractivity (Wildman–Crippen MR) is 88.4 cm³/mol. The van der Waals surface area contributed by atoms with E-state index in [0.29, 0.717) is 5.95 Å². The van der Waals surface area contributed by atoms with Gasteiger partial charge in [-0.2, -0.15) is 10.1 Å². The number of anilines is 3. The Morgan fingerprint density at radius 1 is 1.18 bits per heavy atom. The average molecular weight is 294 g/mol. The zero-order valence-corrected chi connectivity index (χ0v) is 12.8. The fourth-order valence-electron chi connectivity index (χ4n) is 2.26. The van der Waals surface area contributed by atoms with Crippen LogP contribution < -0.4 is 10.2 Å². The first kappa shape index (κ1) is 14.1. The molecule has 0 aliphatic rings. The van der Waals surface area contributed by atoms with Crippen molar-refractivity contribution in [2.24, 2.45) is 0 Å². The van der Waals surface area contributed by atoms with Crippen LogP contribution in [0.25, 0.3) is 11.3 Å². The van der Waals surface area contributed by atoms with Crippen LogP contribution in [0.15, 0.2) is 42.7 Å². The summed E-state index contributed by atoms with van der Waals surface area (Å²) in [6.45, 7) is 2.00. The molecule has 2 N–H and O–H groups in total. The normalized spacial score (nSPS) is 10.5. The Kier molecular flexibility index (Phi) is 3.74. The Labute approximate surface area is 129 Å². The summed E-state index contributed by atoms with van der Waals surface area (Å²) in [5.41, 5.74) is 4.01. The number of hydrogen-bond donors (Lipinski definition) is 2. The van der Waals surface area contributed by atoms with Gasteiger partial charge in [0, 0.05) is 43.3 Å². The maximum atomic E-state index is 4.54. The standard InChI is InChI=1S/C16H18N6/c1-11-10-17-16(20-15(11)22(2)3)19-13-6-4-5-12(9-13)14-7-8-18-21-14/h4-10H,1-3H3,(H,18,21)(H,17,19,20). The van der Waals surface area contributed by atoms with Gasteiger partial charge in [0.25, 0.3) is 0 Å². The van der Waals surface area contributed by atoms with Crippen molar-refractivity contribution in [2.45, 2.75) is 6.92 Å². The van der Waals surface area contributed by atoms with Crippen LogP contribution in [-0.4, -0.2) is 34.3 Å². The molecule has 6 heteroatoms. The van der Waals surface area contributed by atoms with E-state index in [2.05, 4.69) is 25.5 Å². The second-order valence-electron chi connectivity index (χ2n) is 5.27. The Morgan fingerprint density at radius 2 is 2.05 bits per heavy atom. The molecule has 0 atom stereocenters. The summed E-state index contributed by atoms with van der Waals surface area (Å²) >= 11 is 0. The zero-order chi connectivity index (χ0) is 15.5. The van der Waals surface area contributed by atoms with Crippen LogP contribution >= 0.6 is 0 Å². The van der Waals surface area contributed by atoms with Crippen LogP contribution in [0.3, 0.4) is 0 Å². The molecule has 0 spiro atoms. The van der Waals surface area contributed by atoms with Crippen molar-refractivity contribution in [1.82, 2.24) is 20.2 Å². The van der Waals surface area contributed by atoms with Crippen molar-refractivity contribution < 1.29 is 0 Å². The molecule has 3 aromatic rings.